The zero-order valence-corrected chi connectivity index (χ0v) is 11.7. The largest absolute Gasteiger partial charge is 0.322 e. The maximum Gasteiger partial charge on any atom is 0.257 e. The summed E-state index contributed by atoms with van der Waals surface area (Å²) in [4.78, 5) is 23.0. The standard InChI is InChI=1S/C16H16N4O/c17-8-11-20(12-4-1-2-5-12)16(21)13-6-3-7-14-15(13)19-10-9-18-14/h3,6-7,9-10,12H,1-2,4-5,11H2. The van der Waals surface area contributed by atoms with Crippen LogP contribution >= 0.6 is 0 Å². The molecule has 0 aliphatic heterocycles. The molecule has 0 bridgehead atoms. The van der Waals surface area contributed by atoms with Gasteiger partial charge >= 0.3 is 0 Å². The summed E-state index contributed by atoms with van der Waals surface area (Å²) in [5.74, 6) is -0.116. The molecule has 0 radical (unpaired) electrons. The van der Waals surface area contributed by atoms with Crippen molar-refractivity contribution in [3.05, 3.63) is 36.2 Å². The first-order chi connectivity index (χ1) is 10.3. The van der Waals surface area contributed by atoms with Crippen LogP contribution in [-0.4, -0.2) is 33.4 Å². The molecule has 3 rings (SSSR count). The Balaban J connectivity index is 1.99. The van der Waals surface area contributed by atoms with Gasteiger partial charge in [-0.15, -0.1) is 0 Å². The van der Waals surface area contributed by atoms with Crippen molar-refractivity contribution in [1.29, 1.82) is 5.26 Å². The van der Waals surface area contributed by atoms with Crippen LogP contribution < -0.4 is 0 Å². The van der Waals surface area contributed by atoms with Crippen LogP contribution in [0.1, 0.15) is 36.0 Å². The maximum atomic E-state index is 12.8. The van der Waals surface area contributed by atoms with Crippen LogP contribution in [0.15, 0.2) is 30.6 Å². The van der Waals surface area contributed by atoms with Crippen molar-refractivity contribution in [3.63, 3.8) is 0 Å². The van der Waals surface area contributed by atoms with Gasteiger partial charge in [-0.1, -0.05) is 18.9 Å². The first-order valence-corrected chi connectivity index (χ1v) is 7.19. The van der Waals surface area contributed by atoms with Gasteiger partial charge in [-0.05, 0) is 25.0 Å². The molecule has 1 aliphatic rings. The fourth-order valence-electron chi connectivity index (χ4n) is 2.98. The Morgan fingerprint density at radius 2 is 2.05 bits per heavy atom. The second-order valence-electron chi connectivity index (χ2n) is 5.26. The first-order valence-electron chi connectivity index (χ1n) is 7.19. The van der Waals surface area contributed by atoms with Gasteiger partial charge in [0.15, 0.2) is 0 Å². The second kappa shape index (κ2) is 5.88. The number of hydrogen-bond acceptors (Lipinski definition) is 4. The van der Waals surface area contributed by atoms with E-state index in [1.807, 2.05) is 12.1 Å². The fourth-order valence-corrected chi connectivity index (χ4v) is 2.98. The molecule has 1 fully saturated rings. The Morgan fingerprint density at radius 1 is 1.29 bits per heavy atom. The number of fused-ring (bicyclic) bond motifs is 1. The molecule has 5 heteroatoms. The summed E-state index contributed by atoms with van der Waals surface area (Å²) in [5.41, 5.74) is 1.83. The molecule has 1 amide bonds. The summed E-state index contributed by atoms with van der Waals surface area (Å²) in [6, 6.07) is 7.69. The number of nitriles is 1. The SMILES string of the molecule is N#CCN(C(=O)c1cccc2nccnc12)C1CCCC1. The molecule has 1 heterocycles. The molecule has 21 heavy (non-hydrogen) atoms. The van der Waals surface area contributed by atoms with Crippen molar-refractivity contribution in [3.8, 4) is 6.07 Å². The maximum absolute atomic E-state index is 12.8. The highest BCUT2D eigenvalue weighted by molar-refractivity contribution is 6.04. The zero-order valence-electron chi connectivity index (χ0n) is 11.7. The van der Waals surface area contributed by atoms with Crippen LogP contribution in [0.2, 0.25) is 0 Å². The molecule has 0 N–H and O–H groups in total. The lowest BCUT2D eigenvalue weighted by atomic mass is 10.1. The van der Waals surface area contributed by atoms with Gasteiger partial charge in [-0.2, -0.15) is 5.26 Å². The van der Waals surface area contributed by atoms with E-state index in [9.17, 15) is 4.79 Å². The molecule has 0 saturated heterocycles. The minimum Gasteiger partial charge on any atom is -0.322 e. The quantitative estimate of drug-likeness (QED) is 0.810. The van der Waals surface area contributed by atoms with Crippen molar-refractivity contribution in [2.24, 2.45) is 0 Å². The number of carbonyl (C=O) groups excluding carboxylic acids is 1. The summed E-state index contributed by atoms with van der Waals surface area (Å²) in [7, 11) is 0. The number of aromatic nitrogens is 2. The van der Waals surface area contributed by atoms with Crippen LogP contribution in [0.4, 0.5) is 0 Å². The Hall–Kier alpha value is -2.48. The predicted octanol–water partition coefficient (Wildman–Crippen LogP) is 2.54. The highest BCUT2D eigenvalue weighted by atomic mass is 16.2. The molecular weight excluding hydrogens is 264 g/mol. The average Bonchev–Trinajstić information content (AvgIpc) is 3.05. The molecule has 0 unspecified atom stereocenters. The highest BCUT2D eigenvalue weighted by Gasteiger charge is 2.28. The molecule has 1 aromatic carbocycles. The number of amides is 1. The summed E-state index contributed by atoms with van der Waals surface area (Å²) in [6.07, 6.45) is 7.39. The van der Waals surface area contributed by atoms with Gasteiger partial charge < -0.3 is 4.90 Å². The number of rotatable bonds is 3. The molecule has 1 aromatic heterocycles. The molecule has 0 spiro atoms. The number of para-hydroxylation sites is 1. The molecule has 1 aliphatic carbocycles. The van der Waals surface area contributed by atoms with Crippen LogP contribution in [0, 0.1) is 11.3 Å². The fraction of sp³-hybridized carbons (Fsp3) is 0.375. The normalized spacial score (nSPS) is 15.0. The van der Waals surface area contributed by atoms with Crippen molar-refractivity contribution in [2.75, 3.05) is 6.54 Å². The number of carbonyl (C=O) groups is 1. The van der Waals surface area contributed by atoms with Crippen LogP contribution in [0.3, 0.4) is 0 Å². The monoisotopic (exact) mass is 280 g/mol. The van der Waals surface area contributed by atoms with E-state index in [0.29, 0.717) is 16.6 Å². The van der Waals surface area contributed by atoms with Gasteiger partial charge in [0.2, 0.25) is 0 Å². The summed E-state index contributed by atoms with van der Waals surface area (Å²) in [5, 5.41) is 9.03. The van der Waals surface area contributed by atoms with E-state index in [4.69, 9.17) is 5.26 Å². The number of hydrogen-bond donors (Lipinski definition) is 0. The Bertz CT molecular complexity index is 695. The Labute approximate surface area is 123 Å². The molecule has 5 nitrogen and oxygen atoms in total. The van der Waals surface area contributed by atoms with Gasteiger partial charge in [0.25, 0.3) is 5.91 Å². The lowest BCUT2D eigenvalue weighted by Gasteiger charge is -2.26. The predicted molar refractivity (Wildman–Crippen MR) is 78.4 cm³/mol. The summed E-state index contributed by atoms with van der Waals surface area (Å²) >= 11 is 0. The number of benzene rings is 1. The summed E-state index contributed by atoms with van der Waals surface area (Å²) in [6.45, 7) is 0.125. The summed E-state index contributed by atoms with van der Waals surface area (Å²) < 4.78 is 0. The lowest BCUT2D eigenvalue weighted by Crippen LogP contribution is -2.39. The molecule has 2 aromatic rings. The van der Waals surface area contributed by atoms with Gasteiger partial charge in [0, 0.05) is 18.4 Å². The molecule has 0 atom stereocenters. The molecular formula is C16H16N4O. The third-order valence-corrected chi connectivity index (χ3v) is 4.00. The third kappa shape index (κ3) is 2.57. The van der Waals surface area contributed by atoms with E-state index in [0.717, 1.165) is 25.7 Å². The van der Waals surface area contributed by atoms with E-state index in [1.165, 1.54) is 0 Å². The second-order valence-corrected chi connectivity index (χ2v) is 5.26. The number of nitrogens with zero attached hydrogens (tertiary/aromatic N) is 4. The van der Waals surface area contributed by atoms with Crippen molar-refractivity contribution < 1.29 is 4.79 Å². The topological polar surface area (TPSA) is 69.9 Å². The average molecular weight is 280 g/mol. The van der Waals surface area contributed by atoms with Gasteiger partial charge in [0.05, 0.1) is 17.1 Å². The van der Waals surface area contributed by atoms with E-state index in [1.54, 1.807) is 23.4 Å². The smallest absolute Gasteiger partial charge is 0.257 e. The van der Waals surface area contributed by atoms with Crippen LogP contribution in [-0.2, 0) is 0 Å². The first kappa shape index (κ1) is 13.5. The van der Waals surface area contributed by atoms with Crippen molar-refractivity contribution >= 4 is 16.9 Å². The molecule has 1 saturated carbocycles. The third-order valence-electron chi connectivity index (χ3n) is 4.00. The molecule has 106 valence electrons. The van der Waals surface area contributed by atoms with Crippen molar-refractivity contribution in [1.82, 2.24) is 14.9 Å². The Morgan fingerprint density at radius 3 is 2.81 bits per heavy atom. The Kier molecular flexibility index (Phi) is 3.78. The van der Waals surface area contributed by atoms with E-state index in [-0.39, 0.29) is 18.5 Å². The minimum absolute atomic E-state index is 0.116. The van der Waals surface area contributed by atoms with E-state index < -0.39 is 0 Å². The minimum atomic E-state index is -0.116. The van der Waals surface area contributed by atoms with Crippen molar-refractivity contribution in [2.45, 2.75) is 31.7 Å². The highest BCUT2D eigenvalue weighted by Crippen LogP contribution is 2.26. The lowest BCUT2D eigenvalue weighted by molar-refractivity contribution is 0.0711. The van der Waals surface area contributed by atoms with Gasteiger partial charge in [0.1, 0.15) is 12.1 Å². The van der Waals surface area contributed by atoms with Crippen LogP contribution in [0.5, 0.6) is 0 Å². The van der Waals surface area contributed by atoms with Gasteiger partial charge in [-0.3, -0.25) is 14.8 Å². The van der Waals surface area contributed by atoms with Gasteiger partial charge in [-0.25, -0.2) is 0 Å². The van der Waals surface area contributed by atoms with E-state index in [2.05, 4.69) is 16.0 Å². The van der Waals surface area contributed by atoms with Crippen LogP contribution in [0.25, 0.3) is 11.0 Å². The zero-order chi connectivity index (χ0) is 14.7. The van der Waals surface area contributed by atoms with E-state index >= 15 is 0 Å².